The minimum Gasteiger partial charge on any atom is -0.441 e. The molecule has 5 heteroatoms. The van der Waals surface area contributed by atoms with Gasteiger partial charge in [-0.1, -0.05) is 48.5 Å². The summed E-state index contributed by atoms with van der Waals surface area (Å²) in [5, 5.41) is 3.04. The molecule has 0 fully saturated rings. The van der Waals surface area contributed by atoms with E-state index in [4.69, 9.17) is 4.42 Å². The van der Waals surface area contributed by atoms with Crippen molar-refractivity contribution in [1.82, 2.24) is 10.3 Å². The first-order valence-corrected chi connectivity index (χ1v) is 11.2. The van der Waals surface area contributed by atoms with Crippen LogP contribution in [0.1, 0.15) is 40.3 Å². The van der Waals surface area contributed by atoms with E-state index in [1.54, 1.807) is 23.9 Å². The van der Waals surface area contributed by atoms with Crippen LogP contribution in [0.4, 0.5) is 0 Å². The van der Waals surface area contributed by atoms with Crippen LogP contribution in [0.3, 0.4) is 0 Å². The lowest BCUT2D eigenvalue weighted by Gasteiger charge is -2.14. The van der Waals surface area contributed by atoms with E-state index in [0.29, 0.717) is 11.5 Å². The van der Waals surface area contributed by atoms with Gasteiger partial charge in [0.2, 0.25) is 5.89 Å². The quantitative estimate of drug-likeness (QED) is 0.345. The van der Waals surface area contributed by atoms with E-state index < -0.39 is 0 Å². The summed E-state index contributed by atoms with van der Waals surface area (Å²) >= 11 is 1.73. The van der Waals surface area contributed by atoms with Crippen molar-refractivity contribution in [2.45, 2.75) is 30.5 Å². The van der Waals surface area contributed by atoms with Crippen LogP contribution >= 0.6 is 11.8 Å². The van der Waals surface area contributed by atoms with Crippen molar-refractivity contribution in [1.29, 1.82) is 0 Å². The Balaban J connectivity index is 1.41. The van der Waals surface area contributed by atoms with Gasteiger partial charge in [0.1, 0.15) is 5.76 Å². The van der Waals surface area contributed by atoms with Gasteiger partial charge < -0.3 is 9.73 Å². The van der Waals surface area contributed by atoms with Crippen LogP contribution in [-0.2, 0) is 5.75 Å². The molecule has 4 rings (SSSR count). The highest BCUT2D eigenvalue weighted by Crippen LogP contribution is 2.27. The third kappa shape index (κ3) is 5.25. The van der Waals surface area contributed by atoms with Gasteiger partial charge in [0.25, 0.3) is 5.91 Å². The topological polar surface area (TPSA) is 55.1 Å². The minimum atomic E-state index is -0.105. The van der Waals surface area contributed by atoms with Crippen molar-refractivity contribution in [3.63, 3.8) is 0 Å². The van der Waals surface area contributed by atoms with E-state index in [9.17, 15) is 4.79 Å². The standard InChI is InChI=1S/C26H24N2O2S/c1-18(20-9-5-3-6-10-20)27-25(29)21-13-15-22(16-14-21)26-28-24(19(2)30-26)17-31-23-11-7-4-8-12-23/h3-16,18H,17H2,1-2H3,(H,27,29)/t18-/m0/s1. The zero-order chi connectivity index (χ0) is 21.6. The number of thioether (sulfide) groups is 1. The number of amides is 1. The summed E-state index contributed by atoms with van der Waals surface area (Å²) in [4.78, 5) is 18.5. The SMILES string of the molecule is Cc1oc(-c2ccc(C(=O)N[C@@H](C)c3ccccc3)cc2)nc1CSc1ccccc1. The molecule has 0 saturated heterocycles. The fourth-order valence-electron chi connectivity index (χ4n) is 3.22. The van der Waals surface area contributed by atoms with E-state index in [1.807, 2.05) is 74.5 Å². The smallest absolute Gasteiger partial charge is 0.251 e. The molecule has 1 heterocycles. The van der Waals surface area contributed by atoms with Crippen LogP contribution in [0.25, 0.3) is 11.5 Å². The Morgan fingerprint density at radius 3 is 2.29 bits per heavy atom. The first-order chi connectivity index (χ1) is 15.1. The van der Waals surface area contributed by atoms with Gasteiger partial charge in [-0.15, -0.1) is 11.8 Å². The Hall–Kier alpha value is -3.31. The third-order valence-corrected chi connectivity index (χ3v) is 6.08. The molecule has 0 aliphatic carbocycles. The molecule has 4 aromatic rings. The second-order valence-electron chi connectivity index (χ2n) is 7.31. The molecule has 0 unspecified atom stereocenters. The monoisotopic (exact) mass is 428 g/mol. The molecule has 0 bridgehead atoms. The first kappa shape index (κ1) is 20.9. The molecule has 0 aliphatic rings. The van der Waals surface area contributed by atoms with Gasteiger partial charge in [-0.25, -0.2) is 4.98 Å². The van der Waals surface area contributed by atoms with Gasteiger partial charge in [-0.2, -0.15) is 0 Å². The Bertz CT molecular complexity index is 1140. The van der Waals surface area contributed by atoms with Crippen LogP contribution in [0.15, 0.2) is 94.2 Å². The molecule has 0 radical (unpaired) electrons. The second kappa shape index (κ2) is 9.67. The predicted molar refractivity (Wildman–Crippen MR) is 125 cm³/mol. The van der Waals surface area contributed by atoms with Crippen LogP contribution in [0.5, 0.6) is 0 Å². The highest BCUT2D eigenvalue weighted by atomic mass is 32.2. The van der Waals surface area contributed by atoms with Crippen molar-refractivity contribution in [3.8, 4) is 11.5 Å². The summed E-state index contributed by atoms with van der Waals surface area (Å²) in [6, 6.07) is 27.5. The Labute approximate surface area is 186 Å². The highest BCUT2D eigenvalue weighted by molar-refractivity contribution is 7.98. The number of hydrogen-bond acceptors (Lipinski definition) is 4. The first-order valence-electron chi connectivity index (χ1n) is 10.2. The molecule has 0 aliphatic heterocycles. The average molecular weight is 429 g/mol. The number of nitrogens with zero attached hydrogens (tertiary/aromatic N) is 1. The summed E-state index contributed by atoms with van der Waals surface area (Å²) < 4.78 is 5.89. The molecular weight excluding hydrogens is 404 g/mol. The zero-order valence-electron chi connectivity index (χ0n) is 17.5. The molecule has 1 atom stereocenters. The van der Waals surface area contributed by atoms with E-state index in [-0.39, 0.29) is 11.9 Å². The maximum atomic E-state index is 12.6. The number of oxazole rings is 1. The number of hydrogen-bond donors (Lipinski definition) is 1. The summed E-state index contributed by atoms with van der Waals surface area (Å²) in [5.74, 6) is 2.03. The maximum Gasteiger partial charge on any atom is 0.251 e. The van der Waals surface area contributed by atoms with Gasteiger partial charge >= 0.3 is 0 Å². The molecule has 31 heavy (non-hydrogen) atoms. The number of aryl methyl sites for hydroxylation is 1. The number of carbonyl (C=O) groups is 1. The summed E-state index contributed by atoms with van der Waals surface area (Å²) in [5.41, 5.74) is 3.47. The van der Waals surface area contributed by atoms with Gasteiger partial charge in [-0.3, -0.25) is 4.79 Å². The van der Waals surface area contributed by atoms with Gasteiger partial charge in [0, 0.05) is 21.8 Å². The van der Waals surface area contributed by atoms with Crippen molar-refractivity contribution < 1.29 is 9.21 Å². The summed E-state index contributed by atoms with van der Waals surface area (Å²) in [7, 11) is 0. The Morgan fingerprint density at radius 1 is 0.968 bits per heavy atom. The maximum absolute atomic E-state index is 12.6. The minimum absolute atomic E-state index is 0.0626. The molecular formula is C26H24N2O2S. The number of nitrogens with one attached hydrogen (secondary N) is 1. The number of aromatic nitrogens is 1. The van der Waals surface area contributed by atoms with Crippen LogP contribution in [-0.4, -0.2) is 10.9 Å². The summed E-state index contributed by atoms with van der Waals surface area (Å²) in [6.07, 6.45) is 0. The second-order valence-corrected chi connectivity index (χ2v) is 8.36. The fraction of sp³-hybridized carbons (Fsp3) is 0.154. The lowest BCUT2D eigenvalue weighted by atomic mass is 10.1. The van der Waals surface area contributed by atoms with Crippen LogP contribution < -0.4 is 5.32 Å². The average Bonchev–Trinajstić information content (AvgIpc) is 3.19. The van der Waals surface area contributed by atoms with Gasteiger partial charge in [0.15, 0.2) is 0 Å². The summed E-state index contributed by atoms with van der Waals surface area (Å²) in [6.45, 7) is 3.91. The van der Waals surface area contributed by atoms with E-state index >= 15 is 0 Å². The Kier molecular flexibility index (Phi) is 6.53. The van der Waals surface area contributed by atoms with Gasteiger partial charge in [0.05, 0.1) is 11.7 Å². The number of rotatable bonds is 7. The van der Waals surface area contributed by atoms with Crippen molar-refractivity contribution in [2.24, 2.45) is 0 Å². The number of benzene rings is 3. The van der Waals surface area contributed by atoms with Crippen LogP contribution in [0, 0.1) is 6.92 Å². The molecule has 156 valence electrons. The zero-order valence-corrected chi connectivity index (χ0v) is 18.4. The van der Waals surface area contributed by atoms with E-state index in [2.05, 4.69) is 22.4 Å². The third-order valence-electron chi connectivity index (χ3n) is 5.05. The van der Waals surface area contributed by atoms with Crippen molar-refractivity contribution in [2.75, 3.05) is 0 Å². The van der Waals surface area contributed by atoms with Crippen molar-refractivity contribution in [3.05, 3.63) is 108 Å². The van der Waals surface area contributed by atoms with E-state index in [0.717, 1.165) is 28.3 Å². The largest absolute Gasteiger partial charge is 0.441 e. The molecule has 4 nitrogen and oxygen atoms in total. The molecule has 3 aromatic carbocycles. The molecule has 1 aromatic heterocycles. The number of carbonyl (C=O) groups excluding carboxylic acids is 1. The highest BCUT2D eigenvalue weighted by Gasteiger charge is 2.14. The molecule has 1 N–H and O–H groups in total. The lowest BCUT2D eigenvalue weighted by Crippen LogP contribution is -2.26. The Morgan fingerprint density at radius 2 is 1.61 bits per heavy atom. The van der Waals surface area contributed by atoms with Crippen LogP contribution in [0.2, 0.25) is 0 Å². The van der Waals surface area contributed by atoms with E-state index in [1.165, 1.54) is 4.90 Å². The molecule has 0 spiro atoms. The molecule has 1 amide bonds. The van der Waals surface area contributed by atoms with Crippen molar-refractivity contribution >= 4 is 17.7 Å². The predicted octanol–water partition coefficient (Wildman–Crippen LogP) is 6.43. The molecule has 0 saturated carbocycles. The lowest BCUT2D eigenvalue weighted by molar-refractivity contribution is 0.0940. The normalized spacial score (nSPS) is 11.8. The fourth-order valence-corrected chi connectivity index (χ4v) is 4.14. The van der Waals surface area contributed by atoms with Gasteiger partial charge in [-0.05, 0) is 55.8 Å².